The van der Waals surface area contributed by atoms with Crippen molar-refractivity contribution < 1.29 is 14.3 Å². The molecule has 0 spiro atoms. The number of benzene rings is 1. The van der Waals surface area contributed by atoms with Crippen LogP contribution in [0.1, 0.15) is 15.9 Å². The Morgan fingerprint density at radius 1 is 1.24 bits per heavy atom. The van der Waals surface area contributed by atoms with Crippen molar-refractivity contribution in [1.29, 1.82) is 0 Å². The van der Waals surface area contributed by atoms with Gasteiger partial charge in [-0.15, -0.1) is 0 Å². The maximum Gasteiger partial charge on any atom is 0.251 e. The third-order valence-corrected chi connectivity index (χ3v) is 3.76. The number of amides is 2. The fourth-order valence-electron chi connectivity index (χ4n) is 2.41. The second-order valence-electron chi connectivity index (χ2n) is 5.14. The molecule has 0 saturated carbocycles. The number of aryl methyl sites for hydroxylation is 1. The molecule has 6 nitrogen and oxygen atoms in total. The Kier molecular flexibility index (Phi) is 4.93. The highest BCUT2D eigenvalue weighted by atomic mass is 16.5. The zero-order chi connectivity index (χ0) is 15.4. The first-order valence-corrected chi connectivity index (χ1v) is 6.95. The highest BCUT2D eigenvalue weighted by Crippen LogP contribution is 2.20. The molecule has 6 heteroatoms. The van der Waals surface area contributed by atoms with Gasteiger partial charge in [0.1, 0.15) is 0 Å². The summed E-state index contributed by atoms with van der Waals surface area (Å²) in [5, 5.41) is 8.57. The molecule has 1 aliphatic rings. The zero-order valence-corrected chi connectivity index (χ0v) is 12.5. The molecule has 114 valence electrons. The smallest absolute Gasteiger partial charge is 0.251 e. The third-order valence-electron chi connectivity index (χ3n) is 3.76. The molecule has 3 N–H and O–H groups in total. The van der Waals surface area contributed by atoms with Crippen LogP contribution >= 0.6 is 0 Å². The largest absolute Gasteiger partial charge is 0.379 e. The number of ether oxygens (including phenoxy) is 1. The number of carbonyl (C=O) groups is 2. The van der Waals surface area contributed by atoms with Gasteiger partial charge in [-0.1, -0.05) is 0 Å². The Bertz CT molecular complexity index is 545. The molecule has 0 bridgehead atoms. The van der Waals surface area contributed by atoms with Gasteiger partial charge in [-0.2, -0.15) is 0 Å². The van der Waals surface area contributed by atoms with Gasteiger partial charge in [-0.25, -0.2) is 0 Å². The molecule has 21 heavy (non-hydrogen) atoms. The minimum absolute atomic E-state index is 0.0375. The molecule has 0 aliphatic carbocycles. The van der Waals surface area contributed by atoms with Crippen molar-refractivity contribution in [1.82, 2.24) is 10.6 Å². The van der Waals surface area contributed by atoms with Crippen LogP contribution in [0.5, 0.6) is 0 Å². The molecule has 1 fully saturated rings. The normalized spacial score (nSPS) is 21.1. The van der Waals surface area contributed by atoms with Crippen LogP contribution in [-0.4, -0.2) is 45.2 Å². The minimum atomic E-state index is -0.201. The minimum Gasteiger partial charge on any atom is -0.379 e. The van der Waals surface area contributed by atoms with Crippen molar-refractivity contribution in [3.05, 3.63) is 29.3 Å². The first-order chi connectivity index (χ1) is 10.1. The van der Waals surface area contributed by atoms with Gasteiger partial charge >= 0.3 is 0 Å². The molecule has 1 heterocycles. The highest BCUT2D eigenvalue weighted by molar-refractivity contribution is 5.97. The summed E-state index contributed by atoms with van der Waals surface area (Å²) in [5.74, 6) is -0.411. The van der Waals surface area contributed by atoms with Gasteiger partial charge in [-0.3, -0.25) is 9.59 Å². The Morgan fingerprint density at radius 3 is 2.62 bits per heavy atom. The van der Waals surface area contributed by atoms with E-state index in [1.807, 2.05) is 14.0 Å². The summed E-state index contributed by atoms with van der Waals surface area (Å²) in [7, 11) is 3.41. The lowest BCUT2D eigenvalue weighted by atomic mass is 10.0. The van der Waals surface area contributed by atoms with Crippen molar-refractivity contribution in [2.75, 3.05) is 32.6 Å². The van der Waals surface area contributed by atoms with Crippen LogP contribution in [0.2, 0.25) is 0 Å². The molecule has 1 aromatic rings. The summed E-state index contributed by atoms with van der Waals surface area (Å²) in [5.41, 5.74) is 2.14. The van der Waals surface area contributed by atoms with E-state index in [0.29, 0.717) is 18.8 Å². The summed E-state index contributed by atoms with van der Waals surface area (Å²) >= 11 is 0. The zero-order valence-electron chi connectivity index (χ0n) is 12.5. The monoisotopic (exact) mass is 291 g/mol. The van der Waals surface area contributed by atoms with E-state index in [0.717, 1.165) is 11.3 Å². The molecule has 1 aromatic carbocycles. The standard InChI is InChI=1S/C15H21N3O3/c1-9-6-10(14(19)17-3)4-5-12(9)18-15(20)11-7-21-8-13(11)16-2/h4-6,11,13,16H,7-8H2,1-3H3,(H,17,19)(H,18,20). The van der Waals surface area contributed by atoms with Crippen LogP contribution in [0.4, 0.5) is 5.69 Å². The van der Waals surface area contributed by atoms with E-state index < -0.39 is 0 Å². The summed E-state index contributed by atoms with van der Waals surface area (Å²) in [6.45, 7) is 2.83. The van der Waals surface area contributed by atoms with Crippen molar-refractivity contribution in [3.63, 3.8) is 0 Å². The second kappa shape index (κ2) is 6.69. The fourth-order valence-corrected chi connectivity index (χ4v) is 2.41. The molecule has 2 rings (SSSR count). The molecule has 1 aliphatic heterocycles. The van der Waals surface area contributed by atoms with E-state index in [9.17, 15) is 9.59 Å². The van der Waals surface area contributed by atoms with Crippen molar-refractivity contribution in [2.24, 2.45) is 5.92 Å². The van der Waals surface area contributed by atoms with Crippen LogP contribution in [-0.2, 0) is 9.53 Å². The summed E-state index contributed by atoms with van der Waals surface area (Å²) in [6, 6.07) is 5.25. The van der Waals surface area contributed by atoms with Crippen LogP contribution in [0.25, 0.3) is 0 Å². The molecular formula is C15H21N3O3. The van der Waals surface area contributed by atoms with Crippen LogP contribution in [0.15, 0.2) is 18.2 Å². The van der Waals surface area contributed by atoms with Gasteiger partial charge in [0.25, 0.3) is 5.91 Å². The summed E-state index contributed by atoms with van der Waals surface area (Å²) in [6.07, 6.45) is 0. The Hall–Kier alpha value is -1.92. The fraction of sp³-hybridized carbons (Fsp3) is 0.467. The number of anilines is 1. The second-order valence-corrected chi connectivity index (χ2v) is 5.14. The number of hydrogen-bond acceptors (Lipinski definition) is 4. The molecule has 0 aromatic heterocycles. The van der Waals surface area contributed by atoms with E-state index >= 15 is 0 Å². The van der Waals surface area contributed by atoms with E-state index in [4.69, 9.17) is 4.74 Å². The predicted molar refractivity (Wildman–Crippen MR) is 80.4 cm³/mol. The first kappa shape index (κ1) is 15.5. The van der Waals surface area contributed by atoms with E-state index in [1.54, 1.807) is 25.2 Å². The molecule has 2 unspecified atom stereocenters. The average molecular weight is 291 g/mol. The van der Waals surface area contributed by atoms with Crippen molar-refractivity contribution in [2.45, 2.75) is 13.0 Å². The molecular weight excluding hydrogens is 270 g/mol. The van der Waals surface area contributed by atoms with E-state index in [2.05, 4.69) is 16.0 Å². The quantitative estimate of drug-likeness (QED) is 0.756. The van der Waals surface area contributed by atoms with Gasteiger partial charge in [0.15, 0.2) is 0 Å². The molecule has 2 atom stereocenters. The van der Waals surface area contributed by atoms with Gasteiger partial charge in [0.05, 0.1) is 19.1 Å². The van der Waals surface area contributed by atoms with Crippen LogP contribution < -0.4 is 16.0 Å². The van der Waals surface area contributed by atoms with Gasteiger partial charge in [0.2, 0.25) is 5.91 Å². The average Bonchev–Trinajstić information content (AvgIpc) is 2.97. The first-order valence-electron chi connectivity index (χ1n) is 6.95. The Labute approximate surface area is 124 Å². The third kappa shape index (κ3) is 3.40. The van der Waals surface area contributed by atoms with Crippen molar-refractivity contribution in [3.8, 4) is 0 Å². The Morgan fingerprint density at radius 2 is 2.00 bits per heavy atom. The SMILES string of the molecule is CNC(=O)c1ccc(NC(=O)C2COCC2NC)c(C)c1. The highest BCUT2D eigenvalue weighted by Gasteiger charge is 2.33. The van der Waals surface area contributed by atoms with E-state index in [1.165, 1.54) is 0 Å². The topological polar surface area (TPSA) is 79.5 Å². The Balaban J connectivity index is 2.09. The molecule has 1 saturated heterocycles. The maximum absolute atomic E-state index is 12.3. The molecule has 2 amide bonds. The van der Waals surface area contributed by atoms with Gasteiger partial charge in [0, 0.05) is 24.3 Å². The number of nitrogens with one attached hydrogen (secondary N) is 3. The lowest BCUT2D eigenvalue weighted by Crippen LogP contribution is -2.39. The van der Waals surface area contributed by atoms with E-state index in [-0.39, 0.29) is 23.8 Å². The summed E-state index contributed by atoms with van der Waals surface area (Å²) < 4.78 is 5.34. The number of hydrogen-bond donors (Lipinski definition) is 3. The summed E-state index contributed by atoms with van der Waals surface area (Å²) in [4.78, 5) is 23.9. The maximum atomic E-state index is 12.3. The molecule has 0 radical (unpaired) electrons. The number of likely N-dealkylation sites (N-methyl/N-ethyl adjacent to an activating group) is 1. The van der Waals surface area contributed by atoms with Crippen LogP contribution in [0, 0.1) is 12.8 Å². The van der Waals surface area contributed by atoms with Gasteiger partial charge in [-0.05, 0) is 37.7 Å². The number of carbonyl (C=O) groups excluding carboxylic acids is 2. The van der Waals surface area contributed by atoms with Gasteiger partial charge < -0.3 is 20.7 Å². The number of rotatable bonds is 4. The lowest BCUT2D eigenvalue weighted by molar-refractivity contribution is -0.120. The van der Waals surface area contributed by atoms with Crippen LogP contribution in [0.3, 0.4) is 0 Å². The van der Waals surface area contributed by atoms with Crippen molar-refractivity contribution >= 4 is 17.5 Å². The predicted octanol–water partition coefficient (Wildman–Crippen LogP) is 0.528. The lowest BCUT2D eigenvalue weighted by Gasteiger charge is -2.17.